The highest BCUT2D eigenvalue weighted by atomic mass is 32.2. The average molecular weight is 286 g/mol. The van der Waals surface area contributed by atoms with Crippen molar-refractivity contribution in [3.63, 3.8) is 0 Å². The summed E-state index contributed by atoms with van der Waals surface area (Å²) in [6, 6.07) is 6.33. The SMILES string of the molecule is CC1(C)OCC(Nc2cccc(S(N)(=O)=O)c2)CO1. The molecule has 1 aliphatic rings. The number of benzene rings is 1. The lowest BCUT2D eigenvalue weighted by atomic mass is 10.2. The fraction of sp³-hybridized carbons (Fsp3) is 0.500. The van der Waals surface area contributed by atoms with Crippen molar-refractivity contribution in [3.8, 4) is 0 Å². The van der Waals surface area contributed by atoms with Gasteiger partial charge in [0.05, 0.1) is 24.2 Å². The number of hydrogen-bond acceptors (Lipinski definition) is 5. The predicted octanol–water partition coefficient (Wildman–Crippen LogP) is 0.897. The summed E-state index contributed by atoms with van der Waals surface area (Å²) in [5.74, 6) is -0.569. The standard InChI is InChI=1S/C12H18N2O4S/c1-12(2)17-7-10(8-18-12)14-9-4-3-5-11(6-9)19(13,15)16/h3-6,10,14H,7-8H2,1-2H3,(H2,13,15,16). The first-order valence-corrected chi connectivity index (χ1v) is 7.48. The first kappa shape index (κ1) is 14.3. The van der Waals surface area contributed by atoms with E-state index in [1.807, 2.05) is 13.8 Å². The van der Waals surface area contributed by atoms with Gasteiger partial charge in [0, 0.05) is 5.69 Å². The second-order valence-electron chi connectivity index (χ2n) is 4.94. The minimum atomic E-state index is -3.69. The zero-order valence-electron chi connectivity index (χ0n) is 10.9. The molecule has 1 aliphatic heterocycles. The monoisotopic (exact) mass is 286 g/mol. The van der Waals surface area contributed by atoms with Gasteiger partial charge in [-0.1, -0.05) is 6.07 Å². The molecule has 0 radical (unpaired) electrons. The van der Waals surface area contributed by atoms with Crippen LogP contribution in [0.3, 0.4) is 0 Å². The molecular formula is C12H18N2O4S. The number of primary sulfonamides is 1. The quantitative estimate of drug-likeness (QED) is 0.861. The molecule has 0 saturated carbocycles. The molecule has 6 nitrogen and oxygen atoms in total. The van der Waals surface area contributed by atoms with Gasteiger partial charge in [0.2, 0.25) is 10.0 Å². The highest BCUT2D eigenvalue weighted by Gasteiger charge is 2.28. The number of nitrogens with one attached hydrogen (secondary N) is 1. The molecule has 1 saturated heterocycles. The van der Waals surface area contributed by atoms with Gasteiger partial charge in [-0.2, -0.15) is 0 Å². The van der Waals surface area contributed by atoms with Gasteiger partial charge in [-0.05, 0) is 32.0 Å². The van der Waals surface area contributed by atoms with Gasteiger partial charge < -0.3 is 14.8 Å². The van der Waals surface area contributed by atoms with Crippen molar-refractivity contribution in [2.45, 2.75) is 30.6 Å². The van der Waals surface area contributed by atoms with Crippen LogP contribution in [-0.2, 0) is 19.5 Å². The van der Waals surface area contributed by atoms with E-state index >= 15 is 0 Å². The fourth-order valence-corrected chi connectivity index (χ4v) is 2.33. The minimum absolute atomic E-state index is 0.0243. The third kappa shape index (κ3) is 3.90. The fourth-order valence-electron chi connectivity index (χ4n) is 1.77. The molecule has 106 valence electrons. The lowest BCUT2D eigenvalue weighted by Crippen LogP contribution is -2.45. The van der Waals surface area contributed by atoms with E-state index in [0.717, 1.165) is 0 Å². The van der Waals surface area contributed by atoms with Crippen LogP contribution in [0.2, 0.25) is 0 Å². The van der Waals surface area contributed by atoms with E-state index in [1.54, 1.807) is 12.1 Å². The lowest BCUT2D eigenvalue weighted by Gasteiger charge is -2.35. The second kappa shape index (κ2) is 5.09. The van der Waals surface area contributed by atoms with E-state index in [1.165, 1.54) is 12.1 Å². The van der Waals surface area contributed by atoms with Crippen LogP contribution >= 0.6 is 0 Å². The summed E-state index contributed by atoms with van der Waals surface area (Å²) < 4.78 is 33.6. The highest BCUT2D eigenvalue weighted by molar-refractivity contribution is 7.89. The summed E-state index contributed by atoms with van der Waals surface area (Å²) in [7, 11) is -3.69. The van der Waals surface area contributed by atoms with Crippen molar-refractivity contribution in [2.75, 3.05) is 18.5 Å². The first-order valence-electron chi connectivity index (χ1n) is 5.94. The van der Waals surface area contributed by atoms with Gasteiger partial charge in [-0.15, -0.1) is 0 Å². The highest BCUT2D eigenvalue weighted by Crippen LogP contribution is 2.20. The van der Waals surface area contributed by atoms with Gasteiger partial charge in [-0.3, -0.25) is 0 Å². The van der Waals surface area contributed by atoms with Crippen molar-refractivity contribution in [2.24, 2.45) is 5.14 Å². The van der Waals surface area contributed by atoms with Gasteiger partial charge in [0.25, 0.3) is 0 Å². The summed E-state index contributed by atoms with van der Waals surface area (Å²) in [5.41, 5.74) is 0.670. The largest absolute Gasteiger partial charge is 0.378 e. The summed E-state index contributed by atoms with van der Waals surface area (Å²) >= 11 is 0. The molecule has 0 amide bonds. The normalized spacial score (nSPS) is 20.2. The van der Waals surface area contributed by atoms with Crippen molar-refractivity contribution < 1.29 is 17.9 Å². The minimum Gasteiger partial charge on any atom is -0.378 e. The maximum Gasteiger partial charge on any atom is 0.238 e. The molecule has 0 bridgehead atoms. The van der Waals surface area contributed by atoms with Crippen LogP contribution in [0.5, 0.6) is 0 Å². The molecule has 0 aromatic heterocycles. The van der Waals surface area contributed by atoms with Crippen molar-refractivity contribution in [1.82, 2.24) is 0 Å². The summed E-state index contributed by atoms with van der Waals surface area (Å²) in [5, 5.41) is 8.25. The Balaban J connectivity index is 2.05. The summed E-state index contributed by atoms with van der Waals surface area (Å²) in [6.45, 7) is 4.69. The van der Waals surface area contributed by atoms with Gasteiger partial charge in [0.15, 0.2) is 5.79 Å². The van der Waals surface area contributed by atoms with E-state index < -0.39 is 15.8 Å². The van der Waals surface area contributed by atoms with E-state index in [-0.39, 0.29) is 10.9 Å². The number of rotatable bonds is 3. The summed E-state index contributed by atoms with van der Waals surface area (Å²) in [6.07, 6.45) is 0. The molecule has 19 heavy (non-hydrogen) atoms. The van der Waals surface area contributed by atoms with Crippen LogP contribution in [-0.4, -0.2) is 33.5 Å². The Hall–Kier alpha value is -1.15. The number of nitrogens with two attached hydrogens (primary N) is 1. The van der Waals surface area contributed by atoms with Gasteiger partial charge in [0.1, 0.15) is 0 Å². The molecule has 3 N–H and O–H groups in total. The Kier molecular flexibility index (Phi) is 3.82. The van der Waals surface area contributed by atoms with Crippen molar-refractivity contribution >= 4 is 15.7 Å². The number of sulfonamides is 1. The van der Waals surface area contributed by atoms with E-state index in [0.29, 0.717) is 18.9 Å². The zero-order chi connectivity index (χ0) is 14.1. The van der Waals surface area contributed by atoms with Crippen LogP contribution in [0.1, 0.15) is 13.8 Å². The Morgan fingerprint density at radius 1 is 1.32 bits per heavy atom. The maximum atomic E-state index is 11.3. The van der Waals surface area contributed by atoms with Crippen LogP contribution in [0.25, 0.3) is 0 Å². The molecule has 0 aliphatic carbocycles. The van der Waals surface area contributed by atoms with Crippen molar-refractivity contribution in [1.29, 1.82) is 0 Å². The number of anilines is 1. The predicted molar refractivity (Wildman–Crippen MR) is 71.2 cm³/mol. The number of ether oxygens (including phenoxy) is 2. The third-order valence-corrected chi connectivity index (χ3v) is 3.71. The Morgan fingerprint density at radius 3 is 2.53 bits per heavy atom. The van der Waals surface area contributed by atoms with Crippen LogP contribution < -0.4 is 10.5 Å². The van der Waals surface area contributed by atoms with Crippen LogP contribution in [0.4, 0.5) is 5.69 Å². The van der Waals surface area contributed by atoms with E-state index in [4.69, 9.17) is 14.6 Å². The Morgan fingerprint density at radius 2 is 1.95 bits per heavy atom. The van der Waals surface area contributed by atoms with Crippen LogP contribution in [0, 0.1) is 0 Å². The molecule has 0 spiro atoms. The molecule has 0 unspecified atom stereocenters. The molecule has 0 atom stereocenters. The lowest BCUT2D eigenvalue weighted by molar-refractivity contribution is -0.247. The smallest absolute Gasteiger partial charge is 0.238 e. The zero-order valence-corrected chi connectivity index (χ0v) is 11.7. The molecule has 2 rings (SSSR count). The Bertz CT molecular complexity index is 547. The van der Waals surface area contributed by atoms with E-state index in [2.05, 4.69) is 5.32 Å². The van der Waals surface area contributed by atoms with Gasteiger partial charge in [-0.25, -0.2) is 13.6 Å². The molecule has 1 aromatic rings. The van der Waals surface area contributed by atoms with Gasteiger partial charge >= 0.3 is 0 Å². The van der Waals surface area contributed by atoms with Crippen molar-refractivity contribution in [3.05, 3.63) is 24.3 Å². The molecule has 1 fully saturated rings. The molecular weight excluding hydrogens is 268 g/mol. The summed E-state index contributed by atoms with van der Waals surface area (Å²) in [4.78, 5) is 0.0791. The average Bonchev–Trinajstić information content (AvgIpc) is 2.31. The third-order valence-electron chi connectivity index (χ3n) is 2.80. The second-order valence-corrected chi connectivity index (χ2v) is 6.50. The number of hydrogen-bond donors (Lipinski definition) is 2. The van der Waals surface area contributed by atoms with Crippen LogP contribution in [0.15, 0.2) is 29.2 Å². The molecule has 1 aromatic carbocycles. The molecule has 1 heterocycles. The maximum absolute atomic E-state index is 11.3. The first-order chi connectivity index (χ1) is 8.76. The molecule has 7 heteroatoms. The topological polar surface area (TPSA) is 90.6 Å². The Labute approximate surface area is 112 Å². The van der Waals surface area contributed by atoms with E-state index in [9.17, 15) is 8.42 Å².